The van der Waals surface area contributed by atoms with Crippen LogP contribution in [0.2, 0.25) is 0 Å². The fourth-order valence-electron chi connectivity index (χ4n) is 1.46. The van der Waals surface area contributed by atoms with Gasteiger partial charge in [-0.25, -0.2) is 30.7 Å². The van der Waals surface area contributed by atoms with Gasteiger partial charge in [-0.05, 0) is 12.1 Å². The van der Waals surface area contributed by atoms with Crippen molar-refractivity contribution >= 4 is 25.7 Å². The van der Waals surface area contributed by atoms with Gasteiger partial charge >= 0.3 is 0 Å². The number of anilines is 1. The van der Waals surface area contributed by atoms with Crippen LogP contribution in [0.5, 0.6) is 5.75 Å². The minimum Gasteiger partial charge on any atom is -0.492 e. The van der Waals surface area contributed by atoms with Gasteiger partial charge in [0, 0.05) is 13.1 Å². The second-order valence-electron chi connectivity index (χ2n) is 4.09. The highest BCUT2D eigenvalue weighted by Gasteiger charge is 2.19. The van der Waals surface area contributed by atoms with Crippen LogP contribution in [-0.4, -0.2) is 43.3 Å². The third-order valence-corrected chi connectivity index (χ3v) is 4.51. The van der Waals surface area contributed by atoms with Crippen molar-refractivity contribution in [2.45, 2.75) is 4.90 Å². The molecule has 0 saturated heterocycles. The lowest BCUT2D eigenvalue weighted by Gasteiger charge is -2.10. The highest BCUT2D eigenvalue weighted by molar-refractivity contribution is 7.89. The van der Waals surface area contributed by atoms with Crippen molar-refractivity contribution in [2.75, 3.05) is 32.2 Å². The van der Waals surface area contributed by atoms with Gasteiger partial charge in [0.1, 0.15) is 0 Å². The van der Waals surface area contributed by atoms with Crippen molar-refractivity contribution in [3.05, 3.63) is 17.9 Å². The van der Waals surface area contributed by atoms with E-state index < -0.39 is 25.9 Å². The number of benzene rings is 1. The van der Waals surface area contributed by atoms with Crippen LogP contribution in [0, 0.1) is 5.82 Å². The smallest absolute Gasteiger partial charge is 0.240 e. The lowest BCUT2D eigenvalue weighted by Crippen LogP contribution is -2.34. The van der Waals surface area contributed by atoms with Crippen LogP contribution >= 0.6 is 0 Å². The van der Waals surface area contributed by atoms with E-state index in [1.54, 1.807) is 0 Å². The summed E-state index contributed by atoms with van der Waals surface area (Å²) < 4.78 is 68.0. The lowest BCUT2D eigenvalue weighted by molar-refractivity contribution is 0.388. The molecule has 0 fully saturated rings. The highest BCUT2D eigenvalue weighted by atomic mass is 32.2. The van der Waals surface area contributed by atoms with Crippen LogP contribution in [0.4, 0.5) is 10.1 Å². The standard InChI is InChI=1S/C10H16FN3O5S2/c1-19-10-8(11)5-7(6-9(10)12)21(17,18)14-4-3-13-20(2,15)16/h5-6,13-14H,3-4,12H2,1-2H3. The van der Waals surface area contributed by atoms with Crippen molar-refractivity contribution in [3.63, 3.8) is 0 Å². The third-order valence-electron chi connectivity index (χ3n) is 2.34. The first-order valence-electron chi connectivity index (χ1n) is 5.64. The molecule has 1 aromatic rings. The van der Waals surface area contributed by atoms with Crippen LogP contribution < -0.4 is 19.9 Å². The summed E-state index contributed by atoms with van der Waals surface area (Å²) in [6, 6.07) is 1.82. The van der Waals surface area contributed by atoms with Crippen LogP contribution in [0.3, 0.4) is 0 Å². The normalized spacial score (nSPS) is 12.3. The van der Waals surface area contributed by atoms with Crippen molar-refractivity contribution in [3.8, 4) is 5.75 Å². The van der Waals surface area contributed by atoms with Gasteiger partial charge < -0.3 is 10.5 Å². The van der Waals surface area contributed by atoms with E-state index in [2.05, 4.69) is 14.2 Å². The number of nitrogens with one attached hydrogen (secondary N) is 2. The zero-order valence-electron chi connectivity index (χ0n) is 11.4. The molecule has 1 rings (SSSR count). The average molecular weight is 341 g/mol. The number of hydrogen-bond donors (Lipinski definition) is 3. The van der Waals surface area contributed by atoms with Crippen molar-refractivity contribution in [1.82, 2.24) is 9.44 Å². The number of rotatable bonds is 7. The Morgan fingerprint density at radius 3 is 2.24 bits per heavy atom. The maximum atomic E-state index is 13.6. The third kappa shape index (κ3) is 5.12. The van der Waals surface area contributed by atoms with Crippen LogP contribution in [0.25, 0.3) is 0 Å². The Labute approximate surface area is 122 Å². The van der Waals surface area contributed by atoms with Gasteiger partial charge in [0.25, 0.3) is 0 Å². The van der Waals surface area contributed by atoms with Gasteiger partial charge in [-0.2, -0.15) is 0 Å². The number of halogens is 1. The first kappa shape index (κ1) is 17.6. The molecule has 8 nitrogen and oxygen atoms in total. The van der Waals surface area contributed by atoms with E-state index in [4.69, 9.17) is 5.73 Å². The van der Waals surface area contributed by atoms with E-state index in [-0.39, 0.29) is 29.4 Å². The second kappa shape index (κ2) is 6.56. The minimum atomic E-state index is -4.01. The van der Waals surface area contributed by atoms with E-state index >= 15 is 0 Å². The molecular weight excluding hydrogens is 325 g/mol. The molecule has 0 aliphatic carbocycles. The number of hydrogen-bond acceptors (Lipinski definition) is 6. The van der Waals surface area contributed by atoms with Gasteiger partial charge in [0.05, 0.1) is 23.9 Å². The molecular formula is C10H16FN3O5S2. The number of nitrogen functional groups attached to an aromatic ring is 1. The van der Waals surface area contributed by atoms with E-state index in [9.17, 15) is 21.2 Å². The molecule has 0 aliphatic heterocycles. The number of methoxy groups -OCH3 is 1. The second-order valence-corrected chi connectivity index (χ2v) is 7.69. The zero-order chi connectivity index (χ0) is 16.3. The molecule has 0 aromatic heterocycles. The van der Waals surface area contributed by atoms with Crippen LogP contribution in [0.1, 0.15) is 0 Å². The fourth-order valence-corrected chi connectivity index (χ4v) is 3.02. The average Bonchev–Trinajstić information content (AvgIpc) is 2.33. The summed E-state index contributed by atoms with van der Waals surface area (Å²) in [6.45, 7) is -0.324. The Hall–Kier alpha value is -1.43. The number of sulfonamides is 2. The van der Waals surface area contributed by atoms with Gasteiger partial charge in [-0.3, -0.25) is 0 Å². The van der Waals surface area contributed by atoms with Gasteiger partial charge in [0.2, 0.25) is 20.0 Å². The Bertz CT molecular complexity index is 695. The molecule has 21 heavy (non-hydrogen) atoms. The maximum absolute atomic E-state index is 13.6. The number of ether oxygens (including phenoxy) is 1. The topological polar surface area (TPSA) is 128 Å². The Kier molecular flexibility index (Phi) is 5.50. The summed E-state index contributed by atoms with van der Waals surface area (Å²) in [6.07, 6.45) is 0.945. The predicted molar refractivity (Wildman–Crippen MR) is 75.4 cm³/mol. The van der Waals surface area contributed by atoms with Gasteiger partial charge in [-0.15, -0.1) is 0 Å². The largest absolute Gasteiger partial charge is 0.492 e. The molecule has 0 unspecified atom stereocenters. The van der Waals surface area contributed by atoms with E-state index in [0.29, 0.717) is 0 Å². The Morgan fingerprint density at radius 1 is 1.19 bits per heavy atom. The molecule has 0 spiro atoms. The Morgan fingerprint density at radius 2 is 1.76 bits per heavy atom. The zero-order valence-corrected chi connectivity index (χ0v) is 13.0. The summed E-state index contributed by atoms with van der Waals surface area (Å²) >= 11 is 0. The lowest BCUT2D eigenvalue weighted by atomic mass is 10.3. The van der Waals surface area contributed by atoms with Gasteiger partial charge in [0.15, 0.2) is 11.6 Å². The van der Waals surface area contributed by atoms with E-state index in [1.807, 2.05) is 0 Å². The monoisotopic (exact) mass is 341 g/mol. The van der Waals surface area contributed by atoms with E-state index in [1.165, 1.54) is 7.11 Å². The summed E-state index contributed by atoms with van der Waals surface area (Å²) in [5, 5.41) is 0. The molecule has 0 atom stereocenters. The van der Waals surface area contributed by atoms with Crippen molar-refractivity contribution < 1.29 is 26.0 Å². The highest BCUT2D eigenvalue weighted by Crippen LogP contribution is 2.28. The summed E-state index contributed by atoms with van der Waals surface area (Å²) in [5.41, 5.74) is 5.33. The SMILES string of the molecule is COc1c(N)cc(S(=O)(=O)NCCNS(C)(=O)=O)cc1F. The molecule has 0 heterocycles. The molecule has 0 aliphatic rings. The molecule has 120 valence electrons. The van der Waals surface area contributed by atoms with Gasteiger partial charge in [-0.1, -0.05) is 0 Å². The quantitative estimate of drug-likeness (QED) is 0.442. The molecule has 0 radical (unpaired) electrons. The predicted octanol–water partition coefficient (Wildman–Crippen LogP) is -0.756. The van der Waals surface area contributed by atoms with Crippen molar-refractivity contribution in [2.24, 2.45) is 0 Å². The fraction of sp³-hybridized carbons (Fsp3) is 0.400. The molecule has 11 heteroatoms. The molecule has 0 saturated carbocycles. The summed E-state index contributed by atoms with van der Waals surface area (Å²) in [5.74, 6) is -1.15. The first-order chi connectivity index (χ1) is 9.57. The number of nitrogens with two attached hydrogens (primary N) is 1. The molecule has 0 bridgehead atoms. The first-order valence-corrected chi connectivity index (χ1v) is 9.01. The maximum Gasteiger partial charge on any atom is 0.240 e. The van der Waals surface area contributed by atoms with Crippen molar-refractivity contribution in [1.29, 1.82) is 0 Å². The minimum absolute atomic E-state index is 0.133. The molecule has 4 N–H and O–H groups in total. The van der Waals surface area contributed by atoms with Crippen LogP contribution in [0.15, 0.2) is 17.0 Å². The van der Waals surface area contributed by atoms with E-state index in [0.717, 1.165) is 18.4 Å². The molecule has 1 aromatic carbocycles. The van der Waals surface area contributed by atoms with Crippen LogP contribution in [-0.2, 0) is 20.0 Å². The summed E-state index contributed by atoms with van der Waals surface area (Å²) in [4.78, 5) is -0.377. The summed E-state index contributed by atoms with van der Waals surface area (Å²) in [7, 11) is -6.21. The molecule has 0 amide bonds. The Balaban J connectivity index is 2.84.